The summed E-state index contributed by atoms with van der Waals surface area (Å²) in [6, 6.07) is 3.70. The molecule has 0 heterocycles. The van der Waals surface area contributed by atoms with Crippen LogP contribution in [0.25, 0.3) is 0 Å². The monoisotopic (exact) mass is 387 g/mol. The van der Waals surface area contributed by atoms with Crippen LogP contribution in [0.5, 0.6) is 0 Å². The lowest BCUT2D eigenvalue weighted by Crippen LogP contribution is -2.43. The van der Waals surface area contributed by atoms with E-state index >= 15 is 0 Å². The number of halogens is 2. The van der Waals surface area contributed by atoms with Crippen molar-refractivity contribution < 1.29 is 23.9 Å². The molecule has 0 N–H and O–H groups in total. The van der Waals surface area contributed by atoms with E-state index < -0.39 is 35.5 Å². The van der Waals surface area contributed by atoms with Crippen molar-refractivity contribution >= 4 is 41.2 Å². The lowest BCUT2D eigenvalue weighted by Gasteiger charge is -2.26. The number of benzene rings is 1. The Balaban J connectivity index is 2.31. The van der Waals surface area contributed by atoms with Gasteiger partial charge < -0.3 is 9.47 Å². The smallest absolute Gasteiger partial charge is 0.417 e. The third-order valence-electron chi connectivity index (χ3n) is 3.57. The van der Waals surface area contributed by atoms with Gasteiger partial charge in [0.05, 0.1) is 29.1 Å². The van der Waals surface area contributed by atoms with Gasteiger partial charge in [-0.2, -0.15) is 0 Å². The molecule has 136 valence electrons. The molecule has 2 unspecified atom stereocenters. The van der Waals surface area contributed by atoms with Crippen LogP contribution < -0.4 is 0 Å². The van der Waals surface area contributed by atoms with Crippen molar-refractivity contribution in [1.82, 2.24) is 4.90 Å². The minimum Gasteiger partial charge on any atom is -0.469 e. The van der Waals surface area contributed by atoms with Gasteiger partial charge in [-0.15, -0.1) is 0 Å². The molecule has 1 aliphatic carbocycles. The Morgan fingerprint density at radius 2 is 1.80 bits per heavy atom. The number of ether oxygens (including phenoxy) is 2. The summed E-state index contributed by atoms with van der Waals surface area (Å²) in [7, 11) is 1.26. The zero-order chi connectivity index (χ0) is 18.9. The molecule has 1 aromatic carbocycles. The molecule has 2 rings (SSSR count). The predicted octanol–water partition coefficient (Wildman–Crippen LogP) is 3.93. The Labute approximate surface area is 156 Å². The molecular weight excluding hydrogens is 369 g/mol. The quantitative estimate of drug-likeness (QED) is 0.734. The fourth-order valence-electron chi connectivity index (χ4n) is 2.32. The van der Waals surface area contributed by atoms with E-state index in [9.17, 15) is 14.4 Å². The van der Waals surface area contributed by atoms with Crippen molar-refractivity contribution in [3.8, 4) is 0 Å². The first-order chi connectivity index (χ1) is 11.5. The Morgan fingerprint density at radius 3 is 2.32 bits per heavy atom. The van der Waals surface area contributed by atoms with Crippen LogP contribution in [0.1, 0.15) is 37.6 Å². The lowest BCUT2D eigenvalue weighted by molar-refractivity contribution is -0.142. The van der Waals surface area contributed by atoms with Crippen molar-refractivity contribution in [2.24, 2.45) is 5.92 Å². The minimum atomic E-state index is -0.819. The molecule has 2 amide bonds. The molecule has 1 aromatic rings. The standard InChI is InChI=1S/C17H19Cl2NO5/c1-17(2,3)25-16(23)20(13-8-10(13)15(22)24-4)14(21)9-5-6-11(18)12(19)7-9/h5-7,10,13H,8H2,1-4H3. The highest BCUT2D eigenvalue weighted by atomic mass is 35.5. The summed E-state index contributed by atoms with van der Waals surface area (Å²) in [5.74, 6) is -1.63. The molecular formula is C17H19Cl2NO5. The van der Waals surface area contributed by atoms with E-state index in [4.69, 9.17) is 27.9 Å². The Morgan fingerprint density at radius 1 is 1.16 bits per heavy atom. The normalized spacial score (nSPS) is 19.1. The molecule has 1 aliphatic rings. The van der Waals surface area contributed by atoms with E-state index in [0.29, 0.717) is 11.4 Å². The molecule has 0 aliphatic heterocycles. The maximum atomic E-state index is 12.8. The van der Waals surface area contributed by atoms with Gasteiger partial charge in [-0.3, -0.25) is 9.59 Å². The maximum absolute atomic E-state index is 12.8. The summed E-state index contributed by atoms with van der Waals surface area (Å²) < 4.78 is 10.0. The van der Waals surface area contributed by atoms with Gasteiger partial charge in [0.15, 0.2) is 0 Å². The number of imide groups is 1. The van der Waals surface area contributed by atoms with Gasteiger partial charge in [-0.05, 0) is 45.4 Å². The van der Waals surface area contributed by atoms with E-state index in [1.54, 1.807) is 20.8 Å². The van der Waals surface area contributed by atoms with Crippen molar-refractivity contribution in [2.75, 3.05) is 7.11 Å². The summed E-state index contributed by atoms with van der Waals surface area (Å²) in [5, 5.41) is 0.484. The largest absolute Gasteiger partial charge is 0.469 e. The highest BCUT2D eigenvalue weighted by molar-refractivity contribution is 6.42. The zero-order valence-corrected chi connectivity index (χ0v) is 15.9. The van der Waals surface area contributed by atoms with Gasteiger partial charge in [0, 0.05) is 5.56 Å². The maximum Gasteiger partial charge on any atom is 0.417 e. The first kappa shape index (κ1) is 19.5. The fraction of sp³-hybridized carbons (Fsp3) is 0.471. The number of hydrogen-bond acceptors (Lipinski definition) is 5. The van der Waals surface area contributed by atoms with Crippen LogP contribution >= 0.6 is 23.2 Å². The number of rotatable bonds is 3. The zero-order valence-electron chi connectivity index (χ0n) is 14.3. The summed E-state index contributed by atoms with van der Waals surface area (Å²) in [6.45, 7) is 5.08. The van der Waals surface area contributed by atoms with Gasteiger partial charge in [-0.25, -0.2) is 9.69 Å². The molecule has 25 heavy (non-hydrogen) atoms. The summed E-state index contributed by atoms with van der Waals surface area (Å²) in [4.78, 5) is 38.0. The Hall–Kier alpha value is -1.79. The molecule has 0 radical (unpaired) electrons. The molecule has 8 heteroatoms. The summed E-state index contributed by atoms with van der Waals surface area (Å²) >= 11 is 11.8. The topological polar surface area (TPSA) is 72.9 Å². The second kappa shape index (κ2) is 7.22. The lowest BCUT2D eigenvalue weighted by atomic mass is 10.2. The van der Waals surface area contributed by atoms with Crippen molar-refractivity contribution in [3.63, 3.8) is 0 Å². The van der Waals surface area contributed by atoms with Gasteiger partial charge in [0.2, 0.25) is 0 Å². The van der Waals surface area contributed by atoms with Crippen LogP contribution in [-0.4, -0.2) is 41.6 Å². The summed E-state index contributed by atoms with van der Waals surface area (Å²) in [6.07, 6.45) is -0.487. The molecule has 6 nitrogen and oxygen atoms in total. The first-order valence-corrected chi connectivity index (χ1v) is 8.40. The van der Waals surface area contributed by atoms with Crippen molar-refractivity contribution in [1.29, 1.82) is 0 Å². The minimum absolute atomic E-state index is 0.177. The van der Waals surface area contributed by atoms with Crippen LogP contribution in [0.15, 0.2) is 18.2 Å². The van der Waals surface area contributed by atoms with Crippen LogP contribution in [0.4, 0.5) is 4.79 Å². The van der Waals surface area contributed by atoms with Gasteiger partial charge in [-0.1, -0.05) is 23.2 Å². The van der Waals surface area contributed by atoms with Crippen LogP contribution in [0, 0.1) is 5.92 Å². The SMILES string of the molecule is COC(=O)C1CC1N(C(=O)OC(C)(C)C)C(=O)c1ccc(Cl)c(Cl)c1. The van der Waals surface area contributed by atoms with E-state index in [0.717, 1.165) is 4.90 Å². The van der Waals surface area contributed by atoms with Crippen LogP contribution in [-0.2, 0) is 14.3 Å². The predicted molar refractivity (Wildman–Crippen MR) is 92.8 cm³/mol. The first-order valence-electron chi connectivity index (χ1n) is 7.64. The van der Waals surface area contributed by atoms with Crippen LogP contribution in [0.2, 0.25) is 10.0 Å². The Kier molecular flexibility index (Phi) is 5.64. The Bertz CT molecular complexity index is 713. The molecule has 2 atom stereocenters. The number of nitrogens with zero attached hydrogens (tertiary/aromatic N) is 1. The van der Waals surface area contributed by atoms with E-state index in [1.807, 2.05) is 0 Å². The third kappa shape index (κ3) is 4.64. The molecule has 1 saturated carbocycles. The average Bonchev–Trinajstić information content (AvgIpc) is 3.27. The summed E-state index contributed by atoms with van der Waals surface area (Å²) in [5.41, 5.74) is -0.612. The number of amides is 2. The molecule has 0 bridgehead atoms. The third-order valence-corrected chi connectivity index (χ3v) is 4.31. The highest BCUT2D eigenvalue weighted by Gasteiger charge is 2.53. The second-order valence-electron chi connectivity index (χ2n) is 6.72. The number of hydrogen-bond donors (Lipinski definition) is 0. The number of esters is 1. The van der Waals surface area contributed by atoms with Gasteiger partial charge in [0.25, 0.3) is 5.91 Å². The van der Waals surface area contributed by atoms with E-state index in [-0.39, 0.29) is 10.6 Å². The highest BCUT2D eigenvalue weighted by Crippen LogP contribution is 2.38. The average molecular weight is 388 g/mol. The second-order valence-corrected chi connectivity index (χ2v) is 7.53. The molecule has 0 spiro atoms. The van der Waals surface area contributed by atoms with E-state index in [1.165, 1.54) is 25.3 Å². The molecule has 0 saturated heterocycles. The number of methoxy groups -OCH3 is 1. The van der Waals surface area contributed by atoms with Gasteiger partial charge in [0.1, 0.15) is 5.60 Å². The van der Waals surface area contributed by atoms with Crippen molar-refractivity contribution in [2.45, 2.75) is 38.8 Å². The van der Waals surface area contributed by atoms with Gasteiger partial charge >= 0.3 is 12.1 Å². The van der Waals surface area contributed by atoms with Crippen molar-refractivity contribution in [3.05, 3.63) is 33.8 Å². The molecule has 1 fully saturated rings. The number of carbonyl (C=O) groups is 3. The van der Waals surface area contributed by atoms with Crippen LogP contribution in [0.3, 0.4) is 0 Å². The number of carbonyl (C=O) groups excluding carboxylic acids is 3. The fourth-order valence-corrected chi connectivity index (χ4v) is 2.62. The molecule has 0 aromatic heterocycles. The van der Waals surface area contributed by atoms with E-state index in [2.05, 4.69) is 4.74 Å².